The minimum atomic E-state index is -0.315. The Bertz CT molecular complexity index is 490. The van der Waals surface area contributed by atoms with Crippen molar-refractivity contribution in [2.75, 3.05) is 0 Å². The van der Waals surface area contributed by atoms with Crippen molar-refractivity contribution in [2.45, 2.75) is 13.5 Å². The van der Waals surface area contributed by atoms with E-state index in [-0.39, 0.29) is 5.82 Å². The van der Waals surface area contributed by atoms with E-state index in [0.717, 1.165) is 0 Å². The Morgan fingerprint density at radius 2 is 2.36 bits per heavy atom. The molecule has 0 atom stereocenters. The number of aromatic nitrogens is 2. The summed E-state index contributed by atoms with van der Waals surface area (Å²) in [6.45, 7) is 2.49. The standard InChI is InChI=1S/C10H9FN2O/c1-2-13-9-5-7(11)3-4-8(9)12-10(13)6-14/h3-6H,2H2,1H3. The summed E-state index contributed by atoms with van der Waals surface area (Å²) >= 11 is 0. The number of hydrogen-bond donors (Lipinski definition) is 0. The van der Waals surface area contributed by atoms with Crippen LogP contribution in [0.1, 0.15) is 17.5 Å². The van der Waals surface area contributed by atoms with E-state index in [0.29, 0.717) is 29.7 Å². The molecule has 1 aromatic heterocycles. The van der Waals surface area contributed by atoms with E-state index in [1.807, 2.05) is 6.92 Å². The molecular formula is C10H9FN2O. The first-order valence-corrected chi connectivity index (χ1v) is 4.37. The first kappa shape index (κ1) is 8.87. The summed E-state index contributed by atoms with van der Waals surface area (Å²) in [5.74, 6) is 0.0256. The number of benzene rings is 1. The van der Waals surface area contributed by atoms with Gasteiger partial charge in [0.15, 0.2) is 12.1 Å². The second-order valence-electron chi connectivity index (χ2n) is 2.97. The highest BCUT2D eigenvalue weighted by Gasteiger charge is 2.08. The average molecular weight is 192 g/mol. The van der Waals surface area contributed by atoms with Gasteiger partial charge in [0.05, 0.1) is 11.0 Å². The molecule has 0 saturated carbocycles. The zero-order valence-corrected chi connectivity index (χ0v) is 7.70. The van der Waals surface area contributed by atoms with Crippen molar-refractivity contribution in [1.82, 2.24) is 9.55 Å². The van der Waals surface area contributed by atoms with Crippen LogP contribution in [0.2, 0.25) is 0 Å². The van der Waals surface area contributed by atoms with Crippen LogP contribution in [-0.4, -0.2) is 15.8 Å². The Labute approximate surface area is 80.2 Å². The van der Waals surface area contributed by atoms with Crippen molar-refractivity contribution in [1.29, 1.82) is 0 Å². The summed E-state index contributed by atoms with van der Waals surface area (Å²) in [7, 11) is 0. The van der Waals surface area contributed by atoms with Crippen LogP contribution in [0.25, 0.3) is 11.0 Å². The third kappa shape index (κ3) is 1.19. The predicted molar refractivity (Wildman–Crippen MR) is 50.8 cm³/mol. The molecule has 3 nitrogen and oxygen atoms in total. The zero-order chi connectivity index (χ0) is 10.1. The van der Waals surface area contributed by atoms with Crippen molar-refractivity contribution >= 4 is 17.3 Å². The molecule has 0 unspecified atom stereocenters. The van der Waals surface area contributed by atoms with Crippen LogP contribution in [0.4, 0.5) is 4.39 Å². The first-order chi connectivity index (χ1) is 6.76. The van der Waals surface area contributed by atoms with E-state index in [2.05, 4.69) is 4.98 Å². The van der Waals surface area contributed by atoms with Gasteiger partial charge in [-0.05, 0) is 25.1 Å². The Hall–Kier alpha value is -1.71. The lowest BCUT2D eigenvalue weighted by molar-refractivity contribution is 0.111. The number of fused-ring (bicyclic) bond motifs is 1. The van der Waals surface area contributed by atoms with E-state index in [4.69, 9.17) is 0 Å². The number of aldehydes is 1. The van der Waals surface area contributed by atoms with E-state index < -0.39 is 0 Å². The minimum absolute atomic E-state index is 0.315. The lowest BCUT2D eigenvalue weighted by Crippen LogP contribution is -1.99. The molecule has 0 amide bonds. The molecule has 14 heavy (non-hydrogen) atoms. The Morgan fingerprint density at radius 1 is 1.57 bits per heavy atom. The van der Waals surface area contributed by atoms with Crippen LogP contribution in [0.15, 0.2) is 18.2 Å². The third-order valence-electron chi connectivity index (χ3n) is 2.16. The van der Waals surface area contributed by atoms with Gasteiger partial charge in [-0.15, -0.1) is 0 Å². The van der Waals surface area contributed by atoms with Crippen molar-refractivity contribution in [3.63, 3.8) is 0 Å². The largest absolute Gasteiger partial charge is 0.322 e. The van der Waals surface area contributed by atoms with Crippen molar-refractivity contribution in [3.05, 3.63) is 29.8 Å². The fourth-order valence-electron chi connectivity index (χ4n) is 1.54. The Morgan fingerprint density at radius 3 is 3.00 bits per heavy atom. The quantitative estimate of drug-likeness (QED) is 0.682. The molecule has 1 heterocycles. The van der Waals surface area contributed by atoms with E-state index >= 15 is 0 Å². The Balaban J connectivity index is 2.81. The summed E-state index contributed by atoms with van der Waals surface area (Å²) in [6, 6.07) is 4.30. The van der Waals surface area contributed by atoms with Gasteiger partial charge in [0.1, 0.15) is 5.82 Å². The highest BCUT2D eigenvalue weighted by molar-refractivity contribution is 5.83. The molecule has 72 valence electrons. The summed E-state index contributed by atoms with van der Waals surface area (Å²) in [4.78, 5) is 14.7. The van der Waals surface area contributed by atoms with Gasteiger partial charge in [-0.3, -0.25) is 4.79 Å². The number of imidazole rings is 1. The molecule has 0 radical (unpaired) electrons. The van der Waals surface area contributed by atoms with Crippen LogP contribution in [0.3, 0.4) is 0 Å². The number of aryl methyl sites for hydroxylation is 1. The molecule has 1 aromatic carbocycles. The number of nitrogens with zero attached hydrogens (tertiary/aromatic N) is 2. The van der Waals surface area contributed by atoms with Gasteiger partial charge in [-0.1, -0.05) is 0 Å². The zero-order valence-electron chi connectivity index (χ0n) is 7.70. The van der Waals surface area contributed by atoms with Crippen molar-refractivity contribution in [2.24, 2.45) is 0 Å². The van der Waals surface area contributed by atoms with Gasteiger partial charge in [-0.2, -0.15) is 0 Å². The monoisotopic (exact) mass is 192 g/mol. The van der Waals surface area contributed by atoms with Gasteiger partial charge in [0.25, 0.3) is 0 Å². The maximum Gasteiger partial charge on any atom is 0.185 e. The average Bonchev–Trinajstić information content (AvgIpc) is 2.54. The number of rotatable bonds is 2. The summed E-state index contributed by atoms with van der Waals surface area (Å²) < 4.78 is 14.6. The van der Waals surface area contributed by atoms with Crippen LogP contribution >= 0.6 is 0 Å². The molecule has 2 rings (SSSR count). The van der Waals surface area contributed by atoms with Gasteiger partial charge >= 0.3 is 0 Å². The maximum atomic E-state index is 12.9. The first-order valence-electron chi connectivity index (χ1n) is 4.37. The number of carbonyl (C=O) groups is 1. The second-order valence-corrected chi connectivity index (χ2v) is 2.97. The molecule has 0 aliphatic rings. The number of carbonyl (C=O) groups excluding carboxylic acids is 1. The Kier molecular flexibility index (Phi) is 2.04. The van der Waals surface area contributed by atoms with Gasteiger partial charge < -0.3 is 4.57 Å². The van der Waals surface area contributed by atoms with Crippen LogP contribution in [-0.2, 0) is 6.54 Å². The molecule has 4 heteroatoms. The van der Waals surface area contributed by atoms with E-state index in [1.54, 1.807) is 10.6 Å². The highest BCUT2D eigenvalue weighted by Crippen LogP contribution is 2.16. The summed E-state index contributed by atoms with van der Waals surface area (Å²) in [6.07, 6.45) is 0.682. The topological polar surface area (TPSA) is 34.9 Å². The van der Waals surface area contributed by atoms with E-state index in [9.17, 15) is 9.18 Å². The lowest BCUT2D eigenvalue weighted by Gasteiger charge is -2.00. The smallest absolute Gasteiger partial charge is 0.185 e. The highest BCUT2D eigenvalue weighted by atomic mass is 19.1. The molecule has 0 aliphatic carbocycles. The molecule has 0 N–H and O–H groups in total. The molecule has 2 aromatic rings. The summed E-state index contributed by atoms with van der Waals surface area (Å²) in [5, 5.41) is 0. The lowest BCUT2D eigenvalue weighted by atomic mass is 10.3. The van der Waals surface area contributed by atoms with Gasteiger partial charge in [0.2, 0.25) is 0 Å². The van der Waals surface area contributed by atoms with Crippen molar-refractivity contribution in [3.8, 4) is 0 Å². The fraction of sp³-hybridized carbons (Fsp3) is 0.200. The fourth-order valence-corrected chi connectivity index (χ4v) is 1.54. The van der Waals surface area contributed by atoms with Crippen molar-refractivity contribution < 1.29 is 9.18 Å². The SMILES string of the molecule is CCn1c(C=O)nc2ccc(F)cc21. The van der Waals surface area contributed by atoms with Crippen LogP contribution < -0.4 is 0 Å². The molecule has 0 fully saturated rings. The minimum Gasteiger partial charge on any atom is -0.322 e. The molecule has 0 saturated heterocycles. The van der Waals surface area contributed by atoms with Gasteiger partial charge in [-0.25, -0.2) is 9.37 Å². The molecule has 0 spiro atoms. The molecule has 0 aliphatic heterocycles. The van der Waals surface area contributed by atoms with Crippen LogP contribution in [0, 0.1) is 5.82 Å². The number of hydrogen-bond acceptors (Lipinski definition) is 2. The van der Waals surface area contributed by atoms with Crippen LogP contribution in [0.5, 0.6) is 0 Å². The second kappa shape index (κ2) is 3.21. The summed E-state index contributed by atoms with van der Waals surface area (Å²) in [5.41, 5.74) is 1.31. The van der Waals surface area contributed by atoms with E-state index in [1.165, 1.54) is 12.1 Å². The third-order valence-corrected chi connectivity index (χ3v) is 2.16. The normalized spacial score (nSPS) is 10.7. The number of halogens is 1. The van der Waals surface area contributed by atoms with Gasteiger partial charge in [0, 0.05) is 6.54 Å². The maximum absolute atomic E-state index is 12.9. The molecular weight excluding hydrogens is 183 g/mol. The molecule has 0 bridgehead atoms. The predicted octanol–water partition coefficient (Wildman–Crippen LogP) is 2.01.